The number of benzene rings is 1. The first-order chi connectivity index (χ1) is 11.2. The summed E-state index contributed by atoms with van der Waals surface area (Å²) in [6, 6.07) is 4.53. The van der Waals surface area contributed by atoms with Gasteiger partial charge in [-0.15, -0.1) is 9.89 Å². The van der Waals surface area contributed by atoms with Gasteiger partial charge in [0.2, 0.25) is 0 Å². The molecule has 2 aromatic rings. The highest BCUT2D eigenvalue weighted by Gasteiger charge is 2.04. The van der Waals surface area contributed by atoms with Gasteiger partial charge in [-0.25, -0.2) is 0 Å². The van der Waals surface area contributed by atoms with E-state index in [1.807, 2.05) is 6.21 Å². The summed E-state index contributed by atoms with van der Waals surface area (Å²) in [4.78, 5) is 1.47. The Kier molecular flexibility index (Phi) is 6.98. The summed E-state index contributed by atoms with van der Waals surface area (Å²) >= 11 is 0. The van der Waals surface area contributed by atoms with Crippen LogP contribution < -0.4 is 0 Å². The molecule has 0 amide bonds. The second-order valence-corrected chi connectivity index (χ2v) is 6.22. The number of aromatic nitrogens is 3. The highest BCUT2D eigenvalue weighted by atomic mass is 15.6. The van der Waals surface area contributed by atoms with E-state index < -0.39 is 0 Å². The van der Waals surface area contributed by atoms with Crippen molar-refractivity contribution in [1.82, 2.24) is 15.1 Å². The molecule has 4 nitrogen and oxygen atoms in total. The molecule has 0 fully saturated rings. The van der Waals surface area contributed by atoms with Crippen LogP contribution in [0.25, 0.3) is 0 Å². The van der Waals surface area contributed by atoms with Gasteiger partial charge in [0.25, 0.3) is 0 Å². The zero-order chi connectivity index (χ0) is 16.5. The average molecular weight is 312 g/mol. The lowest BCUT2D eigenvalue weighted by Gasteiger charge is -2.10. The molecule has 1 aromatic carbocycles. The largest absolute Gasteiger partial charge is 0.157 e. The molecule has 0 saturated carbocycles. The van der Waals surface area contributed by atoms with Crippen molar-refractivity contribution in [3.63, 3.8) is 0 Å². The summed E-state index contributed by atoms with van der Waals surface area (Å²) < 4.78 is 0. The van der Waals surface area contributed by atoms with E-state index in [9.17, 15) is 0 Å². The third-order valence-electron chi connectivity index (χ3n) is 4.25. The van der Waals surface area contributed by atoms with E-state index in [0.29, 0.717) is 0 Å². The number of aryl methyl sites for hydroxylation is 3. The van der Waals surface area contributed by atoms with Crippen LogP contribution in [0.4, 0.5) is 0 Å². The molecule has 0 N–H and O–H groups in total. The van der Waals surface area contributed by atoms with Crippen molar-refractivity contribution in [3.8, 4) is 0 Å². The van der Waals surface area contributed by atoms with Gasteiger partial charge in [-0.05, 0) is 60.2 Å². The van der Waals surface area contributed by atoms with Gasteiger partial charge in [0.15, 0.2) is 0 Å². The fourth-order valence-electron chi connectivity index (χ4n) is 2.79. The number of hydrogen-bond acceptors (Lipinski definition) is 3. The van der Waals surface area contributed by atoms with Crippen molar-refractivity contribution in [2.24, 2.45) is 5.10 Å². The first-order valence-electron chi connectivity index (χ1n) is 8.71. The van der Waals surface area contributed by atoms with Gasteiger partial charge >= 0.3 is 0 Å². The van der Waals surface area contributed by atoms with Crippen LogP contribution in [-0.2, 0) is 6.42 Å². The molecule has 0 unspecified atom stereocenters. The van der Waals surface area contributed by atoms with Crippen molar-refractivity contribution >= 4 is 6.21 Å². The molecule has 1 heterocycles. The zero-order valence-corrected chi connectivity index (χ0v) is 14.6. The third-order valence-corrected chi connectivity index (χ3v) is 4.25. The first kappa shape index (κ1) is 17.4. The van der Waals surface area contributed by atoms with Crippen LogP contribution in [0.15, 0.2) is 29.6 Å². The topological polar surface area (TPSA) is 43.1 Å². The van der Waals surface area contributed by atoms with E-state index in [0.717, 1.165) is 5.56 Å². The molecular formula is C19H28N4. The molecule has 0 aliphatic heterocycles. The zero-order valence-electron chi connectivity index (χ0n) is 14.6. The lowest BCUT2D eigenvalue weighted by molar-refractivity contribution is 0.607. The Balaban J connectivity index is 1.91. The standard InChI is InChI=1S/C19H28N4/c1-4-5-6-7-8-9-10-18-13-17(3)19(14-16(18)2)15-21-23-12-11-20-22-23/h11-15H,4-10H2,1-3H3/b21-15+. The molecule has 0 bridgehead atoms. The summed E-state index contributed by atoms with van der Waals surface area (Å²) in [5, 5.41) is 11.9. The maximum Gasteiger partial charge on any atom is 0.0716 e. The molecule has 0 aliphatic carbocycles. The summed E-state index contributed by atoms with van der Waals surface area (Å²) in [6.45, 7) is 6.60. The van der Waals surface area contributed by atoms with E-state index in [2.05, 4.69) is 48.3 Å². The highest BCUT2D eigenvalue weighted by molar-refractivity contribution is 5.82. The molecule has 0 saturated heterocycles. The fraction of sp³-hybridized carbons (Fsp3) is 0.526. The lowest BCUT2D eigenvalue weighted by atomic mass is 9.96. The van der Waals surface area contributed by atoms with Gasteiger partial charge in [0.1, 0.15) is 0 Å². The maximum absolute atomic E-state index is 4.29. The summed E-state index contributed by atoms with van der Waals surface area (Å²) in [5.74, 6) is 0. The molecule has 1 aromatic heterocycles. The molecule has 0 spiro atoms. The average Bonchev–Trinajstić information content (AvgIpc) is 3.05. The van der Waals surface area contributed by atoms with E-state index in [-0.39, 0.29) is 0 Å². The van der Waals surface area contributed by atoms with E-state index in [4.69, 9.17) is 0 Å². The summed E-state index contributed by atoms with van der Waals surface area (Å²) in [7, 11) is 0. The van der Waals surface area contributed by atoms with Crippen molar-refractivity contribution in [2.45, 2.75) is 65.7 Å². The lowest BCUT2D eigenvalue weighted by Crippen LogP contribution is -1.98. The van der Waals surface area contributed by atoms with E-state index in [1.54, 1.807) is 12.4 Å². The van der Waals surface area contributed by atoms with Crippen LogP contribution in [0.2, 0.25) is 0 Å². The van der Waals surface area contributed by atoms with Gasteiger partial charge in [0, 0.05) is 0 Å². The van der Waals surface area contributed by atoms with Crippen LogP contribution >= 0.6 is 0 Å². The Morgan fingerprint density at radius 1 is 1.04 bits per heavy atom. The van der Waals surface area contributed by atoms with Gasteiger partial charge in [0.05, 0.1) is 18.6 Å². The number of rotatable bonds is 9. The quantitative estimate of drug-likeness (QED) is 0.498. The minimum absolute atomic E-state index is 1.14. The third kappa shape index (κ3) is 5.62. The second-order valence-electron chi connectivity index (χ2n) is 6.22. The van der Waals surface area contributed by atoms with E-state index in [1.165, 1.54) is 66.4 Å². The number of hydrogen-bond donors (Lipinski definition) is 0. The van der Waals surface area contributed by atoms with Crippen molar-refractivity contribution in [3.05, 3.63) is 46.8 Å². The van der Waals surface area contributed by atoms with Gasteiger partial charge in [-0.1, -0.05) is 45.1 Å². The molecule has 0 radical (unpaired) electrons. The molecule has 4 heteroatoms. The minimum atomic E-state index is 1.14. The Morgan fingerprint density at radius 2 is 1.83 bits per heavy atom. The number of nitrogens with zero attached hydrogens (tertiary/aromatic N) is 4. The molecule has 124 valence electrons. The van der Waals surface area contributed by atoms with Gasteiger partial charge < -0.3 is 0 Å². The maximum atomic E-state index is 4.29. The normalized spacial score (nSPS) is 11.4. The molecule has 0 atom stereocenters. The van der Waals surface area contributed by atoms with Crippen LogP contribution in [0.1, 0.15) is 67.7 Å². The van der Waals surface area contributed by atoms with Gasteiger partial charge in [-0.2, -0.15) is 5.10 Å². The van der Waals surface area contributed by atoms with E-state index >= 15 is 0 Å². The SMILES string of the molecule is CCCCCCCCc1cc(C)c(/C=N/n2ccnn2)cc1C. The van der Waals surface area contributed by atoms with Crippen LogP contribution in [0.5, 0.6) is 0 Å². The predicted octanol–water partition coefficient (Wildman–Crippen LogP) is 4.68. The highest BCUT2D eigenvalue weighted by Crippen LogP contribution is 2.18. The Bertz CT molecular complexity index is 615. The first-order valence-corrected chi connectivity index (χ1v) is 8.71. The Hall–Kier alpha value is -1.97. The molecule has 2 rings (SSSR count). The molecule has 23 heavy (non-hydrogen) atoms. The molecule has 0 aliphatic rings. The fourth-order valence-corrected chi connectivity index (χ4v) is 2.79. The van der Waals surface area contributed by atoms with Crippen LogP contribution in [0, 0.1) is 13.8 Å². The summed E-state index contributed by atoms with van der Waals surface area (Å²) in [5.41, 5.74) is 5.23. The Morgan fingerprint density at radius 3 is 2.57 bits per heavy atom. The second kappa shape index (κ2) is 9.23. The summed E-state index contributed by atoms with van der Waals surface area (Å²) in [6.07, 6.45) is 14.5. The smallest absolute Gasteiger partial charge is 0.0716 e. The van der Waals surface area contributed by atoms with Gasteiger partial charge in [-0.3, -0.25) is 0 Å². The van der Waals surface area contributed by atoms with Crippen molar-refractivity contribution < 1.29 is 0 Å². The van der Waals surface area contributed by atoms with Crippen LogP contribution in [-0.4, -0.2) is 21.3 Å². The minimum Gasteiger partial charge on any atom is -0.157 e. The van der Waals surface area contributed by atoms with Crippen LogP contribution in [0.3, 0.4) is 0 Å². The Labute approximate surface area is 139 Å². The molecular weight excluding hydrogens is 284 g/mol. The monoisotopic (exact) mass is 312 g/mol. The van der Waals surface area contributed by atoms with Crippen molar-refractivity contribution in [2.75, 3.05) is 0 Å². The van der Waals surface area contributed by atoms with Crippen molar-refractivity contribution in [1.29, 1.82) is 0 Å². The number of unbranched alkanes of at least 4 members (excludes halogenated alkanes) is 5. The predicted molar refractivity (Wildman–Crippen MR) is 96.0 cm³/mol.